The molecule has 5 nitrogen and oxygen atoms in total. The van der Waals surface area contributed by atoms with E-state index in [9.17, 15) is 4.79 Å². The summed E-state index contributed by atoms with van der Waals surface area (Å²) in [5, 5.41) is 9.26. The molecule has 0 atom stereocenters. The monoisotopic (exact) mass is 288 g/mol. The highest BCUT2D eigenvalue weighted by atomic mass is 32.1. The van der Waals surface area contributed by atoms with Crippen molar-refractivity contribution in [2.75, 3.05) is 22.9 Å². The Balaban J connectivity index is 1.69. The highest BCUT2D eigenvalue weighted by Gasteiger charge is 2.16. The van der Waals surface area contributed by atoms with Gasteiger partial charge in [0, 0.05) is 36.7 Å². The number of nitrogens with two attached hydrogens (primary N) is 1. The van der Waals surface area contributed by atoms with Crippen LogP contribution in [0.15, 0.2) is 23.7 Å². The molecule has 1 aromatic carbocycles. The van der Waals surface area contributed by atoms with E-state index in [-0.39, 0.29) is 5.91 Å². The van der Waals surface area contributed by atoms with Gasteiger partial charge in [0.05, 0.1) is 16.4 Å². The Labute approximate surface area is 121 Å². The van der Waals surface area contributed by atoms with Crippen molar-refractivity contribution in [3.63, 3.8) is 0 Å². The van der Waals surface area contributed by atoms with Crippen molar-refractivity contribution in [1.29, 1.82) is 0 Å². The number of nitrogens with zero attached hydrogens (tertiary/aromatic N) is 1. The van der Waals surface area contributed by atoms with Gasteiger partial charge in [0.15, 0.2) is 0 Å². The number of benzene rings is 1. The van der Waals surface area contributed by atoms with Crippen LogP contribution < -0.4 is 16.4 Å². The number of hydrogen-bond donors (Lipinski definition) is 3. The van der Waals surface area contributed by atoms with Crippen molar-refractivity contribution in [3.8, 4) is 0 Å². The Hall–Kier alpha value is -2.08. The molecule has 104 valence electrons. The van der Waals surface area contributed by atoms with Crippen LogP contribution in [0.25, 0.3) is 0 Å². The van der Waals surface area contributed by atoms with Gasteiger partial charge >= 0.3 is 0 Å². The molecule has 0 unspecified atom stereocenters. The molecule has 1 aliphatic rings. The van der Waals surface area contributed by atoms with Crippen molar-refractivity contribution < 1.29 is 4.79 Å². The topological polar surface area (TPSA) is 80.0 Å². The maximum absolute atomic E-state index is 11.4. The Morgan fingerprint density at radius 2 is 2.30 bits per heavy atom. The van der Waals surface area contributed by atoms with E-state index in [2.05, 4.69) is 15.6 Å². The highest BCUT2D eigenvalue weighted by Crippen LogP contribution is 2.30. The van der Waals surface area contributed by atoms with E-state index in [0.717, 1.165) is 47.0 Å². The summed E-state index contributed by atoms with van der Waals surface area (Å²) < 4.78 is 0. The molecule has 0 spiro atoms. The van der Waals surface area contributed by atoms with Crippen LogP contribution in [-0.2, 0) is 17.6 Å². The minimum Gasteiger partial charge on any atom is -0.397 e. The van der Waals surface area contributed by atoms with E-state index < -0.39 is 0 Å². The third-order valence-corrected chi connectivity index (χ3v) is 4.15. The number of thiazole rings is 1. The summed E-state index contributed by atoms with van der Waals surface area (Å²) >= 11 is 1.65. The number of anilines is 3. The smallest absolute Gasteiger partial charge is 0.224 e. The summed E-state index contributed by atoms with van der Waals surface area (Å²) in [6, 6.07) is 3.87. The Morgan fingerprint density at radius 1 is 1.40 bits per heavy atom. The fraction of sp³-hybridized carbons (Fsp3) is 0.286. The van der Waals surface area contributed by atoms with Gasteiger partial charge in [-0.15, -0.1) is 11.3 Å². The molecule has 0 fully saturated rings. The number of amides is 1. The molecule has 2 aromatic rings. The third-order valence-electron chi connectivity index (χ3n) is 3.31. The lowest BCUT2D eigenvalue weighted by Gasteiger charge is -2.19. The largest absolute Gasteiger partial charge is 0.397 e. The molecule has 3 rings (SSSR count). The number of nitrogens with one attached hydrogen (secondary N) is 2. The van der Waals surface area contributed by atoms with Crippen LogP contribution in [0.4, 0.5) is 17.1 Å². The molecule has 1 amide bonds. The Kier molecular flexibility index (Phi) is 3.56. The first-order chi connectivity index (χ1) is 9.72. The van der Waals surface area contributed by atoms with Gasteiger partial charge in [-0.25, -0.2) is 4.98 Å². The van der Waals surface area contributed by atoms with Gasteiger partial charge in [0.1, 0.15) is 0 Å². The fourth-order valence-corrected chi connectivity index (χ4v) is 2.90. The fourth-order valence-electron chi connectivity index (χ4n) is 2.28. The van der Waals surface area contributed by atoms with Gasteiger partial charge in [0.2, 0.25) is 5.91 Å². The molecule has 20 heavy (non-hydrogen) atoms. The molecule has 0 saturated heterocycles. The summed E-state index contributed by atoms with van der Waals surface area (Å²) in [4.78, 5) is 15.7. The van der Waals surface area contributed by atoms with Crippen LogP contribution in [0.1, 0.15) is 17.0 Å². The first-order valence-electron chi connectivity index (χ1n) is 6.57. The van der Waals surface area contributed by atoms with Crippen molar-refractivity contribution in [1.82, 2.24) is 4.98 Å². The molecule has 4 N–H and O–H groups in total. The van der Waals surface area contributed by atoms with E-state index in [4.69, 9.17) is 5.73 Å². The van der Waals surface area contributed by atoms with E-state index in [1.807, 2.05) is 23.7 Å². The zero-order valence-corrected chi connectivity index (χ0v) is 11.8. The lowest BCUT2D eigenvalue weighted by atomic mass is 10.0. The molecule has 6 heteroatoms. The average Bonchev–Trinajstić information content (AvgIpc) is 2.93. The summed E-state index contributed by atoms with van der Waals surface area (Å²) in [6.07, 6.45) is 3.96. The quantitative estimate of drug-likeness (QED) is 0.754. The molecule has 1 aromatic heterocycles. The van der Waals surface area contributed by atoms with E-state index in [0.29, 0.717) is 6.42 Å². The van der Waals surface area contributed by atoms with Gasteiger partial charge in [-0.2, -0.15) is 0 Å². The standard InChI is InChI=1S/C14H16N4OS/c15-10-7-9-1-2-13(19)18-11(9)8-12(10)16-4-3-14-17-5-6-20-14/h5-8,16H,1-4,15H2,(H,18,19). The molecule has 0 aliphatic carbocycles. The average molecular weight is 288 g/mol. The Bertz CT molecular complexity index is 624. The van der Waals surface area contributed by atoms with E-state index in [1.54, 1.807) is 11.3 Å². The molecule has 0 bridgehead atoms. The van der Waals surface area contributed by atoms with Gasteiger partial charge in [-0.3, -0.25) is 4.79 Å². The minimum atomic E-state index is 0.0657. The molecule has 2 heterocycles. The number of fused-ring (bicyclic) bond motifs is 1. The van der Waals surface area contributed by atoms with Crippen LogP contribution >= 0.6 is 11.3 Å². The summed E-state index contributed by atoms with van der Waals surface area (Å²) in [6.45, 7) is 0.768. The predicted molar refractivity (Wildman–Crippen MR) is 82.1 cm³/mol. The second-order valence-corrected chi connectivity index (χ2v) is 5.73. The van der Waals surface area contributed by atoms with Crippen LogP contribution in [0.5, 0.6) is 0 Å². The van der Waals surface area contributed by atoms with E-state index in [1.165, 1.54) is 0 Å². The van der Waals surface area contributed by atoms with E-state index >= 15 is 0 Å². The first kappa shape index (κ1) is 12.9. The minimum absolute atomic E-state index is 0.0657. The summed E-state index contributed by atoms with van der Waals surface area (Å²) in [5.41, 5.74) is 9.61. The van der Waals surface area contributed by atoms with Crippen LogP contribution in [0.3, 0.4) is 0 Å². The molecule has 1 aliphatic heterocycles. The van der Waals surface area contributed by atoms with Gasteiger partial charge in [-0.1, -0.05) is 0 Å². The van der Waals surface area contributed by atoms with Gasteiger partial charge < -0.3 is 16.4 Å². The van der Waals surface area contributed by atoms with Crippen molar-refractivity contribution in [2.24, 2.45) is 0 Å². The predicted octanol–water partition coefficient (Wildman–Crippen LogP) is 2.26. The SMILES string of the molecule is Nc1cc2c(cc1NCCc1nccs1)NC(=O)CC2. The molecule has 0 saturated carbocycles. The second-order valence-electron chi connectivity index (χ2n) is 4.75. The molecular formula is C14H16N4OS. The summed E-state index contributed by atoms with van der Waals surface area (Å²) in [7, 11) is 0. The Morgan fingerprint density at radius 3 is 3.10 bits per heavy atom. The number of hydrogen-bond acceptors (Lipinski definition) is 5. The number of aryl methyl sites for hydroxylation is 1. The zero-order valence-electron chi connectivity index (χ0n) is 11.0. The lowest BCUT2D eigenvalue weighted by molar-refractivity contribution is -0.116. The number of rotatable bonds is 4. The third kappa shape index (κ3) is 2.75. The highest BCUT2D eigenvalue weighted by molar-refractivity contribution is 7.09. The second kappa shape index (κ2) is 5.50. The normalized spacial score (nSPS) is 13.7. The molecule has 0 radical (unpaired) electrons. The van der Waals surface area contributed by atoms with Crippen molar-refractivity contribution >= 4 is 34.3 Å². The van der Waals surface area contributed by atoms with Crippen LogP contribution in [0, 0.1) is 0 Å². The number of carbonyl (C=O) groups is 1. The number of nitrogen functional groups attached to an aromatic ring is 1. The number of aromatic nitrogens is 1. The van der Waals surface area contributed by atoms with Gasteiger partial charge in [-0.05, 0) is 24.1 Å². The zero-order chi connectivity index (χ0) is 13.9. The van der Waals surface area contributed by atoms with Gasteiger partial charge in [0.25, 0.3) is 0 Å². The van der Waals surface area contributed by atoms with Crippen LogP contribution in [0.2, 0.25) is 0 Å². The van der Waals surface area contributed by atoms with Crippen LogP contribution in [-0.4, -0.2) is 17.4 Å². The molecular weight excluding hydrogens is 272 g/mol. The van der Waals surface area contributed by atoms with Crippen molar-refractivity contribution in [2.45, 2.75) is 19.3 Å². The van der Waals surface area contributed by atoms with Crippen molar-refractivity contribution in [3.05, 3.63) is 34.3 Å². The summed E-state index contributed by atoms with van der Waals surface area (Å²) in [5.74, 6) is 0.0657. The maximum Gasteiger partial charge on any atom is 0.224 e. The lowest BCUT2D eigenvalue weighted by Crippen LogP contribution is -2.19. The number of carbonyl (C=O) groups excluding carboxylic acids is 1. The maximum atomic E-state index is 11.4. The first-order valence-corrected chi connectivity index (χ1v) is 7.45.